The number of aliphatic imine (C=N–C) groups is 1. The highest BCUT2D eigenvalue weighted by Crippen LogP contribution is 2.27. The van der Waals surface area contributed by atoms with Crippen molar-refractivity contribution in [1.29, 1.82) is 0 Å². The van der Waals surface area contributed by atoms with E-state index in [1.54, 1.807) is 0 Å². The van der Waals surface area contributed by atoms with E-state index in [-0.39, 0.29) is 12.0 Å². The molecule has 1 saturated carbocycles. The summed E-state index contributed by atoms with van der Waals surface area (Å²) in [6, 6.07) is 8.39. The van der Waals surface area contributed by atoms with Gasteiger partial charge in [0.05, 0.1) is 11.0 Å². The van der Waals surface area contributed by atoms with Gasteiger partial charge >= 0.3 is 0 Å². The number of carbonyl (C=O) groups excluding carboxylic acids is 1. The van der Waals surface area contributed by atoms with Crippen LogP contribution in [0.1, 0.15) is 44.9 Å². The monoisotopic (exact) mass is 396 g/mol. The Labute approximate surface area is 172 Å². The van der Waals surface area contributed by atoms with Gasteiger partial charge in [0.2, 0.25) is 5.91 Å². The minimum Gasteiger partial charge on any atom is -0.357 e. The van der Waals surface area contributed by atoms with E-state index >= 15 is 0 Å². The maximum absolute atomic E-state index is 12.7. The number of guanidine groups is 1. The summed E-state index contributed by atoms with van der Waals surface area (Å²) in [6.07, 6.45) is 5.50. The molecule has 2 heterocycles. The number of hydrogen-bond acceptors (Lipinski definition) is 3. The van der Waals surface area contributed by atoms with Gasteiger partial charge in [-0.3, -0.25) is 4.79 Å². The number of nitrogens with one attached hydrogen (secondary N) is 2. The Balaban J connectivity index is 1.38. The molecule has 0 bridgehead atoms. The molecule has 2 N–H and O–H groups in total. The average Bonchev–Trinajstić information content (AvgIpc) is 3.47. The van der Waals surface area contributed by atoms with Crippen LogP contribution in [0.5, 0.6) is 0 Å². The van der Waals surface area contributed by atoms with E-state index in [4.69, 9.17) is 9.98 Å². The number of amides is 1. The first-order chi connectivity index (χ1) is 14.2. The molecular formula is C22H32N6O. The fraction of sp³-hybridized carbons (Fsp3) is 0.591. The molecule has 2 aromatic rings. The predicted molar refractivity (Wildman–Crippen MR) is 116 cm³/mol. The van der Waals surface area contributed by atoms with E-state index in [2.05, 4.69) is 28.2 Å². The fourth-order valence-corrected chi connectivity index (χ4v) is 4.51. The first-order valence-corrected chi connectivity index (χ1v) is 10.9. The molecule has 29 heavy (non-hydrogen) atoms. The molecule has 1 atom stereocenters. The number of fused-ring (bicyclic) bond motifs is 1. The summed E-state index contributed by atoms with van der Waals surface area (Å²) in [5, 5.41) is 6.85. The van der Waals surface area contributed by atoms with Crippen LogP contribution in [0.15, 0.2) is 29.3 Å². The molecule has 1 aliphatic carbocycles. The molecule has 1 amide bonds. The maximum Gasteiger partial charge on any atom is 0.225 e. The molecule has 1 aromatic heterocycles. The van der Waals surface area contributed by atoms with Gasteiger partial charge in [-0.25, -0.2) is 9.98 Å². The highest BCUT2D eigenvalue weighted by molar-refractivity contribution is 5.81. The second-order valence-electron chi connectivity index (χ2n) is 8.17. The molecule has 7 heteroatoms. The molecule has 7 nitrogen and oxygen atoms in total. The van der Waals surface area contributed by atoms with Gasteiger partial charge in [0, 0.05) is 38.6 Å². The molecule has 1 unspecified atom stereocenters. The lowest BCUT2D eigenvalue weighted by Gasteiger charge is -2.21. The van der Waals surface area contributed by atoms with Crippen molar-refractivity contribution in [3.63, 3.8) is 0 Å². The van der Waals surface area contributed by atoms with Crippen LogP contribution in [-0.2, 0) is 18.4 Å². The SMILES string of the molecule is CCNC(=NCc1nc2ccccc2n1C)NC1CCN(C(=O)C2CCCC2)C1. The highest BCUT2D eigenvalue weighted by atomic mass is 16.2. The van der Waals surface area contributed by atoms with Crippen molar-refractivity contribution >= 4 is 22.9 Å². The molecule has 2 fully saturated rings. The van der Waals surface area contributed by atoms with E-state index < -0.39 is 0 Å². The van der Waals surface area contributed by atoms with Gasteiger partial charge in [0.25, 0.3) is 0 Å². The minimum atomic E-state index is 0.249. The molecule has 0 radical (unpaired) electrons. The molecule has 2 aliphatic rings. The fourth-order valence-electron chi connectivity index (χ4n) is 4.51. The van der Waals surface area contributed by atoms with E-state index in [1.807, 2.05) is 30.1 Å². The Kier molecular flexibility index (Phi) is 6.02. The van der Waals surface area contributed by atoms with Crippen LogP contribution in [0.25, 0.3) is 11.0 Å². The molecule has 1 saturated heterocycles. The van der Waals surface area contributed by atoms with Gasteiger partial charge in [0.1, 0.15) is 12.4 Å². The number of aryl methyl sites for hydroxylation is 1. The summed E-state index contributed by atoms with van der Waals surface area (Å²) in [6.45, 7) is 4.99. The molecule has 1 aliphatic heterocycles. The standard InChI is InChI=1S/C22H32N6O/c1-3-23-22(24-14-20-26-18-10-6-7-11-19(18)27(20)2)25-17-12-13-28(15-17)21(29)16-8-4-5-9-16/h6-7,10-11,16-17H,3-5,8-9,12-15H2,1-2H3,(H2,23,24,25). The zero-order valence-electron chi connectivity index (χ0n) is 17.5. The molecule has 156 valence electrons. The number of imidazole rings is 1. The molecular weight excluding hydrogens is 364 g/mol. The smallest absolute Gasteiger partial charge is 0.225 e. The van der Waals surface area contributed by atoms with Crippen LogP contribution in [0, 0.1) is 5.92 Å². The van der Waals surface area contributed by atoms with Crippen LogP contribution < -0.4 is 10.6 Å². The number of nitrogens with zero attached hydrogens (tertiary/aromatic N) is 4. The van der Waals surface area contributed by atoms with Gasteiger partial charge in [-0.15, -0.1) is 0 Å². The Hall–Kier alpha value is -2.57. The van der Waals surface area contributed by atoms with Gasteiger partial charge in [-0.05, 0) is 38.3 Å². The maximum atomic E-state index is 12.7. The summed E-state index contributed by atoms with van der Waals surface area (Å²) in [4.78, 5) is 24.2. The number of benzene rings is 1. The summed E-state index contributed by atoms with van der Waals surface area (Å²) in [5.74, 6) is 2.34. The lowest BCUT2D eigenvalue weighted by atomic mass is 10.1. The van der Waals surface area contributed by atoms with Crippen LogP contribution >= 0.6 is 0 Å². The topological polar surface area (TPSA) is 74.6 Å². The molecule has 1 aromatic carbocycles. The van der Waals surface area contributed by atoms with Crippen LogP contribution in [0.2, 0.25) is 0 Å². The second kappa shape index (κ2) is 8.84. The lowest BCUT2D eigenvalue weighted by molar-refractivity contribution is -0.134. The Morgan fingerprint density at radius 2 is 2.03 bits per heavy atom. The van der Waals surface area contributed by atoms with Crippen molar-refractivity contribution in [3.05, 3.63) is 30.1 Å². The summed E-state index contributed by atoms with van der Waals surface area (Å²) in [7, 11) is 2.03. The third-order valence-corrected chi connectivity index (χ3v) is 6.15. The largest absolute Gasteiger partial charge is 0.357 e. The molecule has 4 rings (SSSR count). The van der Waals surface area contributed by atoms with E-state index in [1.165, 1.54) is 12.8 Å². The lowest BCUT2D eigenvalue weighted by Crippen LogP contribution is -2.45. The Morgan fingerprint density at radius 3 is 2.79 bits per heavy atom. The van der Waals surface area contributed by atoms with Crippen molar-refractivity contribution < 1.29 is 4.79 Å². The van der Waals surface area contributed by atoms with Crippen molar-refractivity contribution in [2.75, 3.05) is 19.6 Å². The van der Waals surface area contributed by atoms with E-state index in [0.29, 0.717) is 12.5 Å². The first kappa shape index (κ1) is 19.7. The summed E-state index contributed by atoms with van der Waals surface area (Å²) < 4.78 is 2.10. The van der Waals surface area contributed by atoms with E-state index in [0.717, 1.165) is 61.7 Å². The molecule has 0 spiro atoms. The Morgan fingerprint density at radius 1 is 1.24 bits per heavy atom. The van der Waals surface area contributed by atoms with Crippen LogP contribution in [0.4, 0.5) is 0 Å². The second-order valence-corrected chi connectivity index (χ2v) is 8.17. The summed E-state index contributed by atoms with van der Waals surface area (Å²) in [5.41, 5.74) is 2.11. The first-order valence-electron chi connectivity index (χ1n) is 10.9. The van der Waals surface area contributed by atoms with Gasteiger partial charge < -0.3 is 20.1 Å². The van der Waals surface area contributed by atoms with Crippen molar-refractivity contribution in [3.8, 4) is 0 Å². The van der Waals surface area contributed by atoms with Crippen LogP contribution in [-0.4, -0.2) is 52.0 Å². The summed E-state index contributed by atoms with van der Waals surface area (Å²) >= 11 is 0. The van der Waals surface area contributed by atoms with E-state index in [9.17, 15) is 4.79 Å². The van der Waals surface area contributed by atoms with Crippen LogP contribution in [0.3, 0.4) is 0 Å². The third-order valence-electron chi connectivity index (χ3n) is 6.15. The van der Waals surface area contributed by atoms with Crippen molar-refractivity contribution in [1.82, 2.24) is 25.1 Å². The number of carbonyl (C=O) groups is 1. The van der Waals surface area contributed by atoms with Crippen molar-refractivity contribution in [2.45, 2.75) is 51.6 Å². The normalized spacial score (nSPS) is 20.6. The zero-order valence-corrected chi connectivity index (χ0v) is 17.5. The number of para-hydroxylation sites is 2. The van der Waals surface area contributed by atoms with Gasteiger partial charge in [-0.2, -0.15) is 0 Å². The number of likely N-dealkylation sites (tertiary alicyclic amines) is 1. The number of aromatic nitrogens is 2. The average molecular weight is 397 g/mol. The van der Waals surface area contributed by atoms with Crippen molar-refractivity contribution in [2.24, 2.45) is 18.0 Å². The zero-order chi connectivity index (χ0) is 20.2. The van der Waals surface area contributed by atoms with Gasteiger partial charge in [-0.1, -0.05) is 25.0 Å². The number of hydrogen-bond donors (Lipinski definition) is 2. The predicted octanol–water partition coefficient (Wildman–Crippen LogP) is 2.42. The number of rotatable bonds is 5. The van der Waals surface area contributed by atoms with Gasteiger partial charge in [0.15, 0.2) is 5.96 Å². The highest BCUT2D eigenvalue weighted by Gasteiger charge is 2.32. The Bertz CT molecular complexity index is 883. The third kappa shape index (κ3) is 4.38. The minimum absolute atomic E-state index is 0.249. The quantitative estimate of drug-likeness (QED) is 0.601.